The van der Waals surface area contributed by atoms with Crippen molar-refractivity contribution in [3.8, 4) is 0 Å². The number of carbonyl (C=O) groups excluding carboxylic acids is 2. The van der Waals surface area contributed by atoms with Gasteiger partial charge in [0.15, 0.2) is 0 Å². The van der Waals surface area contributed by atoms with E-state index in [1.54, 1.807) is 6.92 Å². The number of nitrogens with one attached hydrogen (secondary N) is 1. The predicted molar refractivity (Wildman–Crippen MR) is 56.1 cm³/mol. The molecule has 5 nitrogen and oxygen atoms in total. The van der Waals surface area contributed by atoms with E-state index >= 15 is 0 Å². The van der Waals surface area contributed by atoms with Gasteiger partial charge in [0, 0.05) is 5.75 Å². The Bertz CT molecular complexity index is 209. The van der Waals surface area contributed by atoms with Gasteiger partial charge in [-0.3, -0.25) is 4.79 Å². The highest BCUT2D eigenvalue weighted by atomic mass is 32.1. The zero-order valence-corrected chi connectivity index (χ0v) is 9.21. The molecule has 1 amide bonds. The van der Waals surface area contributed by atoms with Gasteiger partial charge >= 0.3 is 5.97 Å². The van der Waals surface area contributed by atoms with Gasteiger partial charge in [0.25, 0.3) is 0 Å². The van der Waals surface area contributed by atoms with Crippen LogP contribution >= 0.6 is 12.6 Å². The normalized spacial score (nSPS) is 14.3. The highest BCUT2D eigenvalue weighted by Gasteiger charge is 2.21. The van der Waals surface area contributed by atoms with E-state index in [0.29, 0.717) is 0 Å². The molecule has 2 unspecified atom stereocenters. The first-order valence-electron chi connectivity index (χ1n) is 4.36. The maximum atomic E-state index is 11.2. The van der Waals surface area contributed by atoms with Crippen LogP contribution in [0.1, 0.15) is 13.8 Å². The van der Waals surface area contributed by atoms with Gasteiger partial charge in [-0.2, -0.15) is 12.6 Å². The van der Waals surface area contributed by atoms with E-state index in [1.807, 2.05) is 0 Å². The minimum atomic E-state index is -0.725. The first kappa shape index (κ1) is 13.2. The zero-order chi connectivity index (χ0) is 11.1. The van der Waals surface area contributed by atoms with E-state index in [0.717, 1.165) is 0 Å². The molecule has 14 heavy (non-hydrogen) atoms. The topological polar surface area (TPSA) is 81.4 Å². The molecule has 0 aliphatic carbocycles. The molecule has 0 heterocycles. The number of nitrogens with two attached hydrogens (primary N) is 1. The second-order valence-electron chi connectivity index (χ2n) is 2.78. The molecule has 0 aromatic heterocycles. The first-order chi connectivity index (χ1) is 6.52. The molecule has 0 spiro atoms. The quantitative estimate of drug-likeness (QED) is 0.423. The Kier molecular flexibility index (Phi) is 6.31. The van der Waals surface area contributed by atoms with Crippen LogP contribution in [0.15, 0.2) is 0 Å². The number of amides is 1. The SMILES string of the molecule is CCOC(=O)C(CS)NC(=O)C(C)N. The molecule has 6 heteroatoms. The summed E-state index contributed by atoms with van der Waals surface area (Å²) in [4.78, 5) is 22.3. The average molecular weight is 220 g/mol. The van der Waals surface area contributed by atoms with Crippen molar-refractivity contribution in [1.29, 1.82) is 0 Å². The molecule has 0 saturated carbocycles. The number of hydrogen-bond donors (Lipinski definition) is 3. The molecule has 0 bridgehead atoms. The van der Waals surface area contributed by atoms with Gasteiger partial charge in [0.2, 0.25) is 5.91 Å². The van der Waals surface area contributed by atoms with E-state index in [9.17, 15) is 9.59 Å². The molecule has 0 fully saturated rings. The van der Waals surface area contributed by atoms with Gasteiger partial charge in [0.1, 0.15) is 6.04 Å². The van der Waals surface area contributed by atoms with Crippen LogP contribution < -0.4 is 11.1 Å². The molecule has 3 N–H and O–H groups in total. The van der Waals surface area contributed by atoms with Gasteiger partial charge in [-0.15, -0.1) is 0 Å². The lowest BCUT2D eigenvalue weighted by molar-refractivity contribution is -0.146. The Morgan fingerprint density at radius 1 is 1.57 bits per heavy atom. The highest BCUT2D eigenvalue weighted by Crippen LogP contribution is 1.93. The third-order valence-electron chi connectivity index (χ3n) is 1.48. The second-order valence-corrected chi connectivity index (χ2v) is 3.15. The van der Waals surface area contributed by atoms with Crippen molar-refractivity contribution in [2.75, 3.05) is 12.4 Å². The monoisotopic (exact) mass is 220 g/mol. The van der Waals surface area contributed by atoms with E-state index < -0.39 is 24.0 Å². The van der Waals surface area contributed by atoms with Crippen molar-refractivity contribution in [1.82, 2.24) is 5.32 Å². The lowest BCUT2D eigenvalue weighted by atomic mass is 10.3. The van der Waals surface area contributed by atoms with Crippen LogP contribution in [0, 0.1) is 0 Å². The third kappa shape index (κ3) is 4.48. The van der Waals surface area contributed by atoms with E-state index in [4.69, 9.17) is 10.5 Å². The number of rotatable bonds is 5. The lowest BCUT2D eigenvalue weighted by Crippen LogP contribution is -2.48. The number of hydrogen-bond acceptors (Lipinski definition) is 5. The van der Waals surface area contributed by atoms with Gasteiger partial charge in [-0.25, -0.2) is 4.79 Å². The van der Waals surface area contributed by atoms with E-state index in [2.05, 4.69) is 17.9 Å². The second kappa shape index (κ2) is 6.67. The molecule has 0 aromatic carbocycles. The van der Waals surface area contributed by atoms with Crippen LogP contribution in [-0.4, -0.2) is 36.3 Å². The summed E-state index contributed by atoms with van der Waals surface area (Å²) >= 11 is 3.93. The molecule has 0 saturated heterocycles. The minimum Gasteiger partial charge on any atom is -0.464 e. The molecule has 0 aliphatic rings. The van der Waals surface area contributed by atoms with Crippen LogP contribution in [0.5, 0.6) is 0 Å². The summed E-state index contributed by atoms with van der Waals surface area (Å²) in [6.07, 6.45) is 0. The smallest absolute Gasteiger partial charge is 0.329 e. The minimum absolute atomic E-state index is 0.192. The van der Waals surface area contributed by atoms with Gasteiger partial charge in [-0.1, -0.05) is 0 Å². The third-order valence-corrected chi connectivity index (χ3v) is 1.85. The Labute approximate surface area is 88.8 Å². The fraction of sp³-hybridized carbons (Fsp3) is 0.750. The highest BCUT2D eigenvalue weighted by molar-refractivity contribution is 7.80. The van der Waals surface area contributed by atoms with E-state index in [-0.39, 0.29) is 12.4 Å². The van der Waals surface area contributed by atoms with Gasteiger partial charge in [0.05, 0.1) is 12.6 Å². The van der Waals surface area contributed by atoms with Crippen molar-refractivity contribution < 1.29 is 14.3 Å². The van der Waals surface area contributed by atoms with Gasteiger partial charge < -0.3 is 15.8 Å². The summed E-state index contributed by atoms with van der Waals surface area (Å²) < 4.78 is 4.73. The summed E-state index contributed by atoms with van der Waals surface area (Å²) in [5, 5.41) is 2.44. The Morgan fingerprint density at radius 2 is 2.14 bits per heavy atom. The molecule has 0 rings (SSSR count). The van der Waals surface area contributed by atoms with Crippen molar-refractivity contribution in [3.63, 3.8) is 0 Å². The maximum Gasteiger partial charge on any atom is 0.329 e. The molecular weight excluding hydrogens is 204 g/mol. The molecule has 0 aromatic rings. The maximum absolute atomic E-state index is 11.2. The Morgan fingerprint density at radius 3 is 2.50 bits per heavy atom. The lowest BCUT2D eigenvalue weighted by Gasteiger charge is -2.16. The summed E-state index contributed by atoms with van der Waals surface area (Å²) in [6.45, 7) is 3.51. The fourth-order valence-electron chi connectivity index (χ4n) is 0.725. The summed E-state index contributed by atoms with van der Waals surface area (Å²) in [6, 6.07) is -1.37. The van der Waals surface area contributed by atoms with Crippen LogP contribution in [0.4, 0.5) is 0 Å². The molecule has 82 valence electrons. The Balaban J connectivity index is 4.15. The summed E-state index contributed by atoms with van der Waals surface area (Å²) in [5.41, 5.74) is 5.32. The average Bonchev–Trinajstić information content (AvgIpc) is 2.13. The fourth-order valence-corrected chi connectivity index (χ4v) is 0.965. The van der Waals surface area contributed by atoms with Crippen molar-refractivity contribution >= 4 is 24.5 Å². The van der Waals surface area contributed by atoms with Crippen LogP contribution in [0.2, 0.25) is 0 Å². The summed E-state index contributed by atoms with van der Waals surface area (Å²) in [5.74, 6) is -0.689. The van der Waals surface area contributed by atoms with Gasteiger partial charge in [-0.05, 0) is 13.8 Å². The van der Waals surface area contributed by atoms with Crippen LogP contribution in [-0.2, 0) is 14.3 Å². The number of thiol groups is 1. The van der Waals surface area contributed by atoms with Crippen LogP contribution in [0.3, 0.4) is 0 Å². The zero-order valence-electron chi connectivity index (χ0n) is 8.32. The van der Waals surface area contributed by atoms with Crippen molar-refractivity contribution in [3.05, 3.63) is 0 Å². The van der Waals surface area contributed by atoms with Crippen LogP contribution in [0.25, 0.3) is 0 Å². The molecular formula is C8H16N2O3S. The number of carbonyl (C=O) groups is 2. The molecule has 0 radical (unpaired) electrons. The van der Waals surface area contributed by atoms with E-state index in [1.165, 1.54) is 6.92 Å². The number of esters is 1. The summed E-state index contributed by atoms with van der Waals surface area (Å²) in [7, 11) is 0. The Hall–Kier alpha value is -0.750. The number of ether oxygens (including phenoxy) is 1. The predicted octanol–water partition coefficient (Wildman–Crippen LogP) is -0.689. The van der Waals surface area contributed by atoms with Crippen molar-refractivity contribution in [2.45, 2.75) is 25.9 Å². The van der Waals surface area contributed by atoms with Crippen molar-refractivity contribution in [2.24, 2.45) is 5.73 Å². The standard InChI is InChI=1S/C8H16N2O3S/c1-3-13-8(12)6(4-14)10-7(11)5(2)9/h5-6,14H,3-4,9H2,1-2H3,(H,10,11). The first-order valence-corrected chi connectivity index (χ1v) is 4.99. The molecule has 0 aliphatic heterocycles. The largest absolute Gasteiger partial charge is 0.464 e. The molecule has 2 atom stereocenters.